The lowest BCUT2D eigenvalue weighted by Gasteiger charge is -2.41. The Labute approximate surface area is 180 Å². The molecule has 1 amide bonds. The number of carbonyl (C=O) groups is 1. The fraction of sp³-hybridized carbons (Fsp3) is 0.455. The zero-order chi connectivity index (χ0) is 19.3. The monoisotopic (exact) mass is 491 g/mol. The van der Waals surface area contributed by atoms with E-state index in [1.807, 2.05) is 41.3 Å². The molecule has 0 saturated carbocycles. The Bertz CT molecular complexity index is 768. The number of benzene rings is 1. The minimum atomic E-state index is 0.166. The van der Waals surface area contributed by atoms with Gasteiger partial charge in [-0.3, -0.25) is 14.7 Å². The first-order valence-electron chi connectivity index (χ1n) is 10.0. The van der Waals surface area contributed by atoms with Crippen LogP contribution in [-0.4, -0.2) is 59.0 Å². The van der Waals surface area contributed by atoms with Gasteiger partial charge in [0.2, 0.25) is 0 Å². The van der Waals surface area contributed by atoms with Crippen molar-refractivity contribution in [3.8, 4) is 5.75 Å². The summed E-state index contributed by atoms with van der Waals surface area (Å²) in [6, 6.07) is 12.3. The molecule has 0 aliphatic carbocycles. The molecule has 0 spiro atoms. The van der Waals surface area contributed by atoms with Gasteiger partial charge in [0.25, 0.3) is 5.91 Å². The van der Waals surface area contributed by atoms with Crippen LogP contribution in [0.2, 0.25) is 0 Å². The van der Waals surface area contributed by atoms with Gasteiger partial charge in [0, 0.05) is 53.7 Å². The van der Waals surface area contributed by atoms with Gasteiger partial charge < -0.3 is 9.64 Å². The number of likely N-dealkylation sites (tertiary alicyclic amines) is 2. The predicted octanol–water partition coefficient (Wildman–Crippen LogP) is 3.83. The number of amides is 1. The Kier molecular flexibility index (Phi) is 6.47. The number of carbonyl (C=O) groups excluding carboxylic acids is 1. The van der Waals surface area contributed by atoms with Crippen LogP contribution in [-0.2, 0) is 0 Å². The highest BCUT2D eigenvalue weighted by Gasteiger charge is 2.30. The van der Waals surface area contributed by atoms with Crippen molar-refractivity contribution in [1.29, 1.82) is 0 Å². The maximum absolute atomic E-state index is 12.7. The second kappa shape index (κ2) is 9.22. The summed E-state index contributed by atoms with van der Waals surface area (Å²) >= 11 is 2.27. The van der Waals surface area contributed by atoms with Crippen molar-refractivity contribution in [1.82, 2.24) is 14.8 Å². The molecule has 2 saturated heterocycles. The quantitative estimate of drug-likeness (QED) is 0.611. The molecule has 2 aliphatic rings. The molecule has 4 rings (SSSR count). The van der Waals surface area contributed by atoms with Crippen LogP contribution < -0.4 is 4.74 Å². The maximum atomic E-state index is 12.7. The van der Waals surface area contributed by atoms with Gasteiger partial charge >= 0.3 is 0 Å². The molecule has 0 bridgehead atoms. The summed E-state index contributed by atoms with van der Waals surface area (Å²) < 4.78 is 7.23. The Balaban J connectivity index is 1.23. The van der Waals surface area contributed by atoms with Gasteiger partial charge in [0.1, 0.15) is 11.9 Å². The lowest BCUT2D eigenvalue weighted by molar-refractivity contribution is 0.0425. The minimum Gasteiger partial charge on any atom is -0.490 e. The molecule has 2 aliphatic heterocycles. The van der Waals surface area contributed by atoms with E-state index in [9.17, 15) is 4.79 Å². The summed E-state index contributed by atoms with van der Waals surface area (Å²) in [4.78, 5) is 21.3. The van der Waals surface area contributed by atoms with Crippen molar-refractivity contribution >= 4 is 28.5 Å². The Morgan fingerprint density at radius 3 is 2.21 bits per heavy atom. The van der Waals surface area contributed by atoms with Crippen LogP contribution in [0.5, 0.6) is 5.75 Å². The minimum absolute atomic E-state index is 0.166. The highest BCUT2D eigenvalue weighted by Crippen LogP contribution is 2.24. The van der Waals surface area contributed by atoms with E-state index >= 15 is 0 Å². The van der Waals surface area contributed by atoms with Crippen molar-refractivity contribution in [3.05, 3.63) is 57.9 Å². The summed E-state index contributed by atoms with van der Waals surface area (Å²) in [5.74, 6) is 1.08. The molecule has 0 N–H and O–H groups in total. The normalized spacial score (nSPS) is 19.5. The van der Waals surface area contributed by atoms with Crippen LogP contribution in [0.4, 0.5) is 0 Å². The van der Waals surface area contributed by atoms with Gasteiger partial charge in [-0.2, -0.15) is 0 Å². The van der Waals surface area contributed by atoms with Crippen LogP contribution in [0.3, 0.4) is 0 Å². The highest BCUT2D eigenvalue weighted by molar-refractivity contribution is 14.1. The smallest absolute Gasteiger partial charge is 0.253 e. The van der Waals surface area contributed by atoms with Crippen LogP contribution in [0.25, 0.3) is 0 Å². The topological polar surface area (TPSA) is 45.7 Å². The van der Waals surface area contributed by atoms with E-state index < -0.39 is 0 Å². The SMILES string of the molecule is O=C(c1ccc(I)cc1)N1CCC(N2CCC(Oc3ccncc3)CC2)CC1. The average molecular weight is 491 g/mol. The molecule has 5 nitrogen and oxygen atoms in total. The molecule has 1 aromatic heterocycles. The van der Waals surface area contributed by atoms with Crippen LogP contribution in [0.1, 0.15) is 36.0 Å². The van der Waals surface area contributed by atoms with Crippen molar-refractivity contribution in [2.24, 2.45) is 0 Å². The summed E-state index contributed by atoms with van der Waals surface area (Å²) in [6.45, 7) is 3.85. The van der Waals surface area contributed by atoms with Gasteiger partial charge in [0.15, 0.2) is 0 Å². The third-order valence-electron chi connectivity index (χ3n) is 5.79. The molecule has 0 radical (unpaired) electrons. The van der Waals surface area contributed by atoms with E-state index in [0.717, 1.165) is 66.7 Å². The molecule has 148 valence electrons. The van der Waals surface area contributed by atoms with E-state index in [0.29, 0.717) is 12.1 Å². The first-order valence-corrected chi connectivity index (χ1v) is 11.1. The molecule has 0 atom stereocenters. The summed E-state index contributed by atoms with van der Waals surface area (Å²) in [5, 5.41) is 0. The van der Waals surface area contributed by atoms with Crippen molar-refractivity contribution in [2.45, 2.75) is 37.8 Å². The second-order valence-electron chi connectivity index (χ2n) is 7.57. The molecular formula is C22H26IN3O2. The number of pyridine rings is 1. The molecule has 2 aromatic rings. The van der Waals surface area contributed by atoms with E-state index in [4.69, 9.17) is 4.74 Å². The number of rotatable bonds is 4. The number of ether oxygens (including phenoxy) is 1. The third-order valence-corrected chi connectivity index (χ3v) is 6.51. The zero-order valence-electron chi connectivity index (χ0n) is 16.0. The van der Waals surface area contributed by atoms with E-state index in [2.05, 4.69) is 32.5 Å². The predicted molar refractivity (Wildman–Crippen MR) is 118 cm³/mol. The van der Waals surface area contributed by atoms with E-state index in [1.165, 1.54) is 0 Å². The standard InChI is InChI=1S/C22H26IN3O2/c23-18-3-1-17(2-4-18)22(27)26-13-7-19(8-14-26)25-15-9-21(10-16-25)28-20-5-11-24-12-6-20/h1-6,11-12,19,21H,7-10,13-16H2. The summed E-state index contributed by atoms with van der Waals surface area (Å²) in [7, 11) is 0. The molecule has 6 heteroatoms. The van der Waals surface area contributed by atoms with Gasteiger partial charge in [-0.15, -0.1) is 0 Å². The average Bonchev–Trinajstić information content (AvgIpc) is 2.75. The number of aromatic nitrogens is 1. The fourth-order valence-corrected chi connectivity index (χ4v) is 4.54. The first kappa shape index (κ1) is 19.6. The van der Waals surface area contributed by atoms with E-state index in [-0.39, 0.29) is 5.91 Å². The Morgan fingerprint density at radius 1 is 0.929 bits per heavy atom. The molecular weight excluding hydrogens is 465 g/mol. The lowest BCUT2D eigenvalue weighted by atomic mass is 9.98. The fourth-order valence-electron chi connectivity index (χ4n) is 4.18. The van der Waals surface area contributed by atoms with Gasteiger partial charge in [0.05, 0.1) is 0 Å². The molecule has 2 fully saturated rings. The largest absolute Gasteiger partial charge is 0.490 e. The summed E-state index contributed by atoms with van der Waals surface area (Å²) in [5.41, 5.74) is 0.799. The van der Waals surface area contributed by atoms with Gasteiger partial charge in [-0.25, -0.2) is 0 Å². The molecule has 3 heterocycles. The Morgan fingerprint density at radius 2 is 1.57 bits per heavy atom. The molecule has 28 heavy (non-hydrogen) atoms. The first-order chi connectivity index (χ1) is 13.7. The van der Waals surface area contributed by atoms with Crippen LogP contribution >= 0.6 is 22.6 Å². The number of nitrogens with zero attached hydrogens (tertiary/aromatic N) is 3. The van der Waals surface area contributed by atoms with Crippen molar-refractivity contribution in [3.63, 3.8) is 0 Å². The maximum Gasteiger partial charge on any atom is 0.253 e. The third kappa shape index (κ3) is 4.84. The molecule has 1 aromatic carbocycles. The highest BCUT2D eigenvalue weighted by atomic mass is 127. The second-order valence-corrected chi connectivity index (χ2v) is 8.81. The Hall–Kier alpha value is -1.67. The molecule has 0 unspecified atom stereocenters. The lowest BCUT2D eigenvalue weighted by Crippen LogP contribution is -2.50. The van der Waals surface area contributed by atoms with Gasteiger partial charge in [-0.05, 0) is 84.7 Å². The van der Waals surface area contributed by atoms with Crippen molar-refractivity contribution < 1.29 is 9.53 Å². The number of hydrogen-bond donors (Lipinski definition) is 0. The zero-order valence-corrected chi connectivity index (χ0v) is 18.1. The van der Waals surface area contributed by atoms with Crippen LogP contribution in [0.15, 0.2) is 48.8 Å². The van der Waals surface area contributed by atoms with Crippen molar-refractivity contribution in [2.75, 3.05) is 26.2 Å². The number of piperidine rings is 2. The summed E-state index contributed by atoms with van der Waals surface area (Å²) in [6.07, 6.45) is 8.08. The van der Waals surface area contributed by atoms with Crippen LogP contribution in [0, 0.1) is 3.57 Å². The number of halogens is 1. The number of hydrogen-bond acceptors (Lipinski definition) is 4. The van der Waals surface area contributed by atoms with E-state index in [1.54, 1.807) is 12.4 Å². The van der Waals surface area contributed by atoms with Gasteiger partial charge in [-0.1, -0.05) is 0 Å².